The number of esters is 1. The van der Waals surface area contributed by atoms with E-state index in [0.29, 0.717) is 29.6 Å². The number of amides is 2. The Labute approximate surface area is 296 Å². The highest BCUT2D eigenvalue weighted by molar-refractivity contribution is 8.00. The minimum atomic E-state index is -0.752. The van der Waals surface area contributed by atoms with Crippen LogP contribution >= 0.6 is 23.4 Å². The first-order chi connectivity index (χ1) is 23.9. The van der Waals surface area contributed by atoms with Gasteiger partial charge in [-0.1, -0.05) is 96.5 Å². The number of carbonyl (C=O) groups is 3. The van der Waals surface area contributed by atoms with Crippen LogP contribution in [0.1, 0.15) is 22.3 Å². The molecule has 1 saturated heterocycles. The third-order valence-electron chi connectivity index (χ3n) is 8.67. The average molecular weight is 696 g/mol. The Morgan fingerprint density at radius 3 is 2.02 bits per heavy atom. The zero-order valence-electron chi connectivity index (χ0n) is 27.2. The number of hydrogen-bond acceptors (Lipinski definition) is 7. The fourth-order valence-electron chi connectivity index (χ4n) is 5.98. The van der Waals surface area contributed by atoms with E-state index in [0.717, 1.165) is 29.7 Å². The van der Waals surface area contributed by atoms with E-state index in [1.807, 2.05) is 60.7 Å². The number of rotatable bonds is 14. The Balaban J connectivity index is 1.26. The summed E-state index contributed by atoms with van der Waals surface area (Å²) in [5.41, 5.74) is 4.95. The van der Waals surface area contributed by atoms with E-state index in [2.05, 4.69) is 34.5 Å². The van der Waals surface area contributed by atoms with Gasteiger partial charge in [0.05, 0.1) is 19.2 Å². The number of hydrogen-bond donors (Lipinski definition) is 1. The molecule has 1 unspecified atom stereocenters. The Hall–Kier alpha value is -4.73. The highest BCUT2D eigenvalue weighted by atomic mass is 35.5. The van der Waals surface area contributed by atoms with Crippen LogP contribution in [0.4, 0.5) is 0 Å². The van der Waals surface area contributed by atoms with Crippen LogP contribution in [0.25, 0.3) is 0 Å². The van der Waals surface area contributed by atoms with Crippen molar-refractivity contribution >= 4 is 41.1 Å². The van der Waals surface area contributed by atoms with Gasteiger partial charge in [0.25, 0.3) is 5.91 Å². The van der Waals surface area contributed by atoms with Crippen LogP contribution < -0.4 is 10.1 Å². The van der Waals surface area contributed by atoms with Crippen molar-refractivity contribution in [2.24, 2.45) is 0 Å². The van der Waals surface area contributed by atoms with Crippen LogP contribution in [0.2, 0.25) is 5.02 Å². The van der Waals surface area contributed by atoms with Crippen LogP contribution in [-0.4, -0.2) is 65.0 Å². The number of β-lactam (4-membered cyclic amide) rings is 1. The van der Waals surface area contributed by atoms with E-state index < -0.39 is 17.4 Å². The minimum Gasteiger partial charge on any atom is -0.497 e. The molecule has 0 aromatic heterocycles. The molecule has 4 aromatic rings. The first kappa shape index (κ1) is 34.1. The van der Waals surface area contributed by atoms with Crippen molar-refractivity contribution in [2.75, 3.05) is 26.0 Å². The summed E-state index contributed by atoms with van der Waals surface area (Å²) in [6.45, 7) is 1.33. The van der Waals surface area contributed by atoms with Crippen molar-refractivity contribution in [3.05, 3.63) is 148 Å². The molecule has 0 aliphatic carbocycles. The number of ether oxygens (including phenoxy) is 2. The van der Waals surface area contributed by atoms with Crippen molar-refractivity contribution in [3.63, 3.8) is 0 Å². The van der Waals surface area contributed by atoms with Gasteiger partial charge in [-0.3, -0.25) is 14.5 Å². The molecule has 2 heterocycles. The summed E-state index contributed by atoms with van der Waals surface area (Å²) in [7, 11) is 1.60. The van der Waals surface area contributed by atoms with E-state index in [9.17, 15) is 14.4 Å². The summed E-state index contributed by atoms with van der Waals surface area (Å²) >= 11 is 7.55. The zero-order chi connectivity index (χ0) is 34.2. The molecular formula is C39H38ClN3O5S. The molecule has 252 valence electrons. The first-order valence-corrected chi connectivity index (χ1v) is 17.7. The number of nitrogens with one attached hydrogen (secondary N) is 1. The van der Waals surface area contributed by atoms with E-state index in [1.165, 1.54) is 16.0 Å². The van der Waals surface area contributed by atoms with Crippen molar-refractivity contribution in [2.45, 2.75) is 37.3 Å². The third kappa shape index (κ3) is 8.47. The van der Waals surface area contributed by atoms with Crippen LogP contribution in [0.15, 0.2) is 121 Å². The van der Waals surface area contributed by atoms with Crippen molar-refractivity contribution in [1.29, 1.82) is 0 Å². The van der Waals surface area contributed by atoms with Gasteiger partial charge >= 0.3 is 5.97 Å². The maximum absolute atomic E-state index is 14.1. The second kappa shape index (κ2) is 16.1. The van der Waals surface area contributed by atoms with Crippen LogP contribution in [0.3, 0.4) is 0 Å². The van der Waals surface area contributed by atoms with Crippen molar-refractivity contribution < 1.29 is 23.9 Å². The predicted octanol–water partition coefficient (Wildman–Crippen LogP) is 6.03. The molecule has 0 bridgehead atoms. The number of halogens is 1. The molecule has 0 radical (unpaired) electrons. The molecule has 2 aliphatic rings. The molecule has 8 nitrogen and oxygen atoms in total. The second-order valence-electron chi connectivity index (χ2n) is 11.9. The SMILES string of the molecule is COc1ccc(COC(=O)C2=C(N(CCc3ccccc3)CCc3ccccc3)CS[C@H]3C(NC(=O)Cc4ccc(Cl)cc4)C(=O)N23)cc1. The molecule has 6 rings (SSSR count). The molecule has 1 fully saturated rings. The molecule has 0 spiro atoms. The number of nitrogens with zero attached hydrogens (tertiary/aromatic N) is 2. The lowest BCUT2D eigenvalue weighted by Crippen LogP contribution is -2.71. The van der Waals surface area contributed by atoms with Gasteiger partial charge in [0.1, 0.15) is 23.8 Å². The highest BCUT2D eigenvalue weighted by Crippen LogP contribution is 2.42. The molecule has 49 heavy (non-hydrogen) atoms. The summed E-state index contributed by atoms with van der Waals surface area (Å²) in [5.74, 6) is 0.0114. The van der Waals surface area contributed by atoms with Gasteiger partial charge in [-0.2, -0.15) is 0 Å². The van der Waals surface area contributed by atoms with Gasteiger partial charge in [0.15, 0.2) is 5.70 Å². The Morgan fingerprint density at radius 1 is 0.837 bits per heavy atom. The lowest BCUT2D eigenvalue weighted by atomic mass is 10.0. The van der Waals surface area contributed by atoms with Crippen LogP contribution in [0, 0.1) is 0 Å². The van der Waals surface area contributed by atoms with E-state index in [1.54, 1.807) is 43.1 Å². The smallest absolute Gasteiger partial charge is 0.357 e. The van der Waals surface area contributed by atoms with Crippen molar-refractivity contribution in [3.8, 4) is 5.75 Å². The Morgan fingerprint density at radius 2 is 1.43 bits per heavy atom. The van der Waals surface area contributed by atoms with Gasteiger partial charge in [0, 0.05) is 23.9 Å². The first-order valence-electron chi connectivity index (χ1n) is 16.2. The summed E-state index contributed by atoms with van der Waals surface area (Å²) in [5, 5.41) is 3.06. The number of thioether (sulfide) groups is 1. The topological polar surface area (TPSA) is 88.2 Å². The average Bonchev–Trinajstić information content (AvgIpc) is 3.14. The molecule has 2 amide bonds. The lowest BCUT2D eigenvalue weighted by Gasteiger charge is -2.50. The number of carbonyl (C=O) groups excluding carboxylic acids is 3. The van der Waals surface area contributed by atoms with E-state index >= 15 is 0 Å². The Kier molecular flexibility index (Phi) is 11.2. The minimum absolute atomic E-state index is 0.0364. The van der Waals surface area contributed by atoms with Gasteiger partial charge in [-0.15, -0.1) is 11.8 Å². The molecule has 1 N–H and O–H groups in total. The molecule has 10 heteroatoms. The van der Waals surface area contributed by atoms with Crippen molar-refractivity contribution in [1.82, 2.24) is 15.1 Å². The summed E-state index contributed by atoms with van der Waals surface area (Å²) in [6, 6.07) is 34.0. The highest BCUT2D eigenvalue weighted by Gasteiger charge is 2.55. The predicted molar refractivity (Wildman–Crippen MR) is 192 cm³/mol. The number of fused-ring (bicyclic) bond motifs is 1. The van der Waals surface area contributed by atoms with Gasteiger partial charge in [-0.25, -0.2) is 4.79 Å². The second-order valence-corrected chi connectivity index (χ2v) is 13.5. The summed E-state index contributed by atoms with van der Waals surface area (Å²) in [4.78, 5) is 44.6. The zero-order valence-corrected chi connectivity index (χ0v) is 28.8. The Bertz CT molecular complexity index is 1740. The fraction of sp³-hybridized carbons (Fsp3) is 0.256. The van der Waals surface area contributed by atoms with Gasteiger partial charge in [0.2, 0.25) is 5.91 Å². The van der Waals surface area contributed by atoms with E-state index in [-0.39, 0.29) is 30.5 Å². The maximum Gasteiger partial charge on any atom is 0.357 e. The normalized spacial score (nSPS) is 16.8. The third-order valence-corrected chi connectivity index (χ3v) is 10.2. The fourth-order valence-corrected chi connectivity index (χ4v) is 7.49. The standard InChI is InChI=1S/C39H38ClN3O5S/c1-47-32-18-14-30(15-19-32)25-48-39(46)36-33(42(22-20-27-8-4-2-5-9-27)23-21-28-10-6-3-7-11-28)26-49-38-35(37(45)43(36)38)41-34(44)24-29-12-16-31(40)17-13-29/h2-19,35,38H,20-26H2,1H3,(H,41,44)/t35?,38-/m0/s1. The number of methoxy groups -OCH3 is 1. The summed E-state index contributed by atoms with van der Waals surface area (Å²) < 4.78 is 11.1. The molecule has 2 aliphatic heterocycles. The van der Waals surface area contributed by atoms with Crippen LogP contribution in [-0.2, 0) is 45.0 Å². The van der Waals surface area contributed by atoms with Crippen LogP contribution in [0.5, 0.6) is 5.75 Å². The molecular weight excluding hydrogens is 658 g/mol. The molecule has 0 saturated carbocycles. The van der Waals surface area contributed by atoms with E-state index in [4.69, 9.17) is 21.1 Å². The monoisotopic (exact) mass is 695 g/mol. The maximum atomic E-state index is 14.1. The van der Waals surface area contributed by atoms with Gasteiger partial charge in [-0.05, 0) is 59.4 Å². The molecule has 4 aromatic carbocycles. The lowest BCUT2D eigenvalue weighted by molar-refractivity contribution is -0.153. The molecule has 2 atom stereocenters. The largest absolute Gasteiger partial charge is 0.497 e. The summed E-state index contributed by atoms with van der Waals surface area (Å²) in [6.07, 6.45) is 1.64. The quantitative estimate of drug-likeness (QED) is 0.127. The van der Waals surface area contributed by atoms with Gasteiger partial charge < -0.3 is 19.7 Å². The number of benzene rings is 4.